The van der Waals surface area contributed by atoms with Crippen LogP contribution in [0.5, 0.6) is 0 Å². The number of carbonyl (C=O) groups is 2. The fraction of sp³-hybridized carbons (Fsp3) is 0.857. The summed E-state index contributed by atoms with van der Waals surface area (Å²) in [5, 5.41) is 2.65. The number of amides is 1. The zero-order valence-electron chi connectivity index (χ0n) is 13.2. The summed E-state index contributed by atoms with van der Waals surface area (Å²) >= 11 is 0. The molecule has 1 atom stereocenters. The van der Waals surface area contributed by atoms with Crippen LogP contribution in [0.2, 0.25) is 0 Å². The van der Waals surface area contributed by atoms with E-state index in [0.29, 0.717) is 6.54 Å². The molecule has 116 valence electrons. The minimum atomic E-state index is -0.585. The van der Waals surface area contributed by atoms with Gasteiger partial charge in [0, 0.05) is 45.2 Å². The van der Waals surface area contributed by atoms with E-state index in [1.807, 2.05) is 0 Å². The fourth-order valence-electron chi connectivity index (χ4n) is 2.43. The van der Waals surface area contributed by atoms with Crippen molar-refractivity contribution >= 4 is 11.9 Å². The van der Waals surface area contributed by atoms with Gasteiger partial charge in [-0.05, 0) is 20.8 Å². The smallest absolute Gasteiger partial charge is 0.329 e. The molecule has 0 saturated carbocycles. The van der Waals surface area contributed by atoms with Crippen molar-refractivity contribution in [3.63, 3.8) is 0 Å². The molecule has 1 fully saturated rings. The molecular weight excluding hydrogens is 258 g/mol. The van der Waals surface area contributed by atoms with Crippen LogP contribution in [0.3, 0.4) is 0 Å². The third-order valence-corrected chi connectivity index (χ3v) is 3.62. The van der Waals surface area contributed by atoms with Gasteiger partial charge >= 0.3 is 5.97 Å². The van der Waals surface area contributed by atoms with E-state index in [9.17, 15) is 9.59 Å². The molecule has 0 bridgehead atoms. The highest BCUT2D eigenvalue weighted by Crippen LogP contribution is 2.15. The second kappa shape index (κ2) is 7.04. The van der Waals surface area contributed by atoms with Crippen LogP contribution < -0.4 is 5.32 Å². The van der Waals surface area contributed by atoms with Gasteiger partial charge in [-0.15, -0.1) is 0 Å². The number of hydrogen-bond acceptors (Lipinski definition) is 5. The SMILES string of the molecule is COC(=O)C(CN1CCN(C(C)(C)C)CC1)NC(C)=O. The lowest BCUT2D eigenvalue weighted by Gasteiger charge is -2.42. The fourth-order valence-corrected chi connectivity index (χ4v) is 2.43. The standard InChI is InChI=1S/C14H27N3O3/c1-11(18)15-12(13(19)20-5)10-16-6-8-17(9-7-16)14(2,3)4/h12H,6-10H2,1-5H3,(H,15,18). The van der Waals surface area contributed by atoms with Crippen molar-refractivity contribution in [1.82, 2.24) is 15.1 Å². The van der Waals surface area contributed by atoms with Gasteiger partial charge in [0.25, 0.3) is 0 Å². The largest absolute Gasteiger partial charge is 0.467 e. The summed E-state index contributed by atoms with van der Waals surface area (Å²) in [5.41, 5.74) is 0.172. The van der Waals surface area contributed by atoms with Crippen molar-refractivity contribution in [2.45, 2.75) is 39.3 Å². The van der Waals surface area contributed by atoms with Crippen LogP contribution in [0.1, 0.15) is 27.7 Å². The molecule has 1 amide bonds. The van der Waals surface area contributed by atoms with Crippen molar-refractivity contribution < 1.29 is 14.3 Å². The van der Waals surface area contributed by atoms with Crippen LogP contribution in [-0.4, -0.2) is 73.1 Å². The minimum absolute atomic E-state index is 0.172. The van der Waals surface area contributed by atoms with Gasteiger partial charge in [0.2, 0.25) is 5.91 Å². The molecule has 1 unspecified atom stereocenters. The summed E-state index contributed by atoms with van der Waals surface area (Å²) in [6, 6.07) is -0.585. The Kier molecular flexibility index (Phi) is 5.95. The van der Waals surface area contributed by atoms with Crippen LogP contribution >= 0.6 is 0 Å². The predicted molar refractivity (Wildman–Crippen MR) is 77.4 cm³/mol. The normalized spacial score (nSPS) is 19.4. The molecule has 1 aliphatic rings. The molecule has 20 heavy (non-hydrogen) atoms. The Hall–Kier alpha value is -1.14. The highest BCUT2D eigenvalue weighted by atomic mass is 16.5. The molecule has 0 aromatic rings. The molecule has 6 nitrogen and oxygen atoms in total. The Morgan fingerprint density at radius 3 is 2.15 bits per heavy atom. The number of ether oxygens (including phenoxy) is 1. The van der Waals surface area contributed by atoms with Crippen molar-refractivity contribution in [1.29, 1.82) is 0 Å². The first kappa shape index (κ1) is 16.9. The molecule has 1 saturated heterocycles. The molecule has 0 spiro atoms. The molecule has 1 aliphatic heterocycles. The first-order valence-corrected chi connectivity index (χ1v) is 7.06. The van der Waals surface area contributed by atoms with E-state index >= 15 is 0 Å². The summed E-state index contributed by atoms with van der Waals surface area (Å²) in [5.74, 6) is -0.604. The monoisotopic (exact) mass is 285 g/mol. The van der Waals surface area contributed by atoms with Gasteiger partial charge in [0.05, 0.1) is 7.11 Å². The molecule has 1 N–H and O–H groups in total. The summed E-state index contributed by atoms with van der Waals surface area (Å²) in [7, 11) is 1.34. The third-order valence-electron chi connectivity index (χ3n) is 3.62. The van der Waals surface area contributed by atoms with E-state index in [0.717, 1.165) is 26.2 Å². The average Bonchev–Trinajstić information content (AvgIpc) is 2.36. The summed E-state index contributed by atoms with van der Waals surface area (Å²) in [4.78, 5) is 27.4. The molecule has 0 radical (unpaired) electrons. The lowest BCUT2D eigenvalue weighted by molar-refractivity contribution is -0.145. The van der Waals surface area contributed by atoms with Crippen molar-refractivity contribution in [3.8, 4) is 0 Å². The molecular formula is C14H27N3O3. The second-order valence-electron chi connectivity index (χ2n) is 6.23. The quantitative estimate of drug-likeness (QED) is 0.741. The third kappa shape index (κ3) is 5.09. The van der Waals surface area contributed by atoms with Gasteiger partial charge in [-0.2, -0.15) is 0 Å². The lowest BCUT2D eigenvalue weighted by atomic mass is 10.0. The number of hydrogen-bond donors (Lipinski definition) is 1. The first-order chi connectivity index (χ1) is 9.24. The maximum absolute atomic E-state index is 11.7. The average molecular weight is 285 g/mol. The Labute approximate surface area is 121 Å². The molecule has 1 rings (SSSR count). The highest BCUT2D eigenvalue weighted by molar-refractivity contribution is 5.83. The van der Waals surface area contributed by atoms with Crippen LogP contribution in [0.25, 0.3) is 0 Å². The molecule has 0 aromatic heterocycles. The van der Waals surface area contributed by atoms with Crippen LogP contribution in [0.4, 0.5) is 0 Å². The van der Waals surface area contributed by atoms with E-state index in [1.54, 1.807) is 0 Å². The molecule has 1 heterocycles. The van der Waals surface area contributed by atoms with E-state index in [4.69, 9.17) is 4.74 Å². The van der Waals surface area contributed by atoms with Gasteiger partial charge in [0.15, 0.2) is 0 Å². The Morgan fingerprint density at radius 1 is 1.20 bits per heavy atom. The number of rotatable bonds is 4. The van der Waals surface area contributed by atoms with Gasteiger partial charge in [-0.1, -0.05) is 0 Å². The molecule has 6 heteroatoms. The van der Waals surface area contributed by atoms with Crippen molar-refractivity contribution in [2.24, 2.45) is 0 Å². The second-order valence-corrected chi connectivity index (χ2v) is 6.23. The summed E-state index contributed by atoms with van der Waals surface area (Å²) in [6.45, 7) is 12.3. The maximum atomic E-state index is 11.7. The van der Waals surface area contributed by atoms with Crippen LogP contribution in [-0.2, 0) is 14.3 Å². The molecule has 0 aromatic carbocycles. The maximum Gasteiger partial charge on any atom is 0.329 e. The zero-order chi connectivity index (χ0) is 15.3. The zero-order valence-corrected chi connectivity index (χ0v) is 13.2. The van der Waals surface area contributed by atoms with Gasteiger partial charge in [-0.3, -0.25) is 14.6 Å². The van der Waals surface area contributed by atoms with E-state index in [2.05, 4.69) is 35.9 Å². The number of nitrogens with zero attached hydrogens (tertiary/aromatic N) is 2. The van der Waals surface area contributed by atoms with E-state index < -0.39 is 12.0 Å². The van der Waals surface area contributed by atoms with E-state index in [1.165, 1.54) is 14.0 Å². The Balaban J connectivity index is 2.51. The number of piperazine rings is 1. The molecule has 0 aliphatic carbocycles. The van der Waals surface area contributed by atoms with Gasteiger partial charge in [-0.25, -0.2) is 4.79 Å². The van der Waals surface area contributed by atoms with Crippen LogP contribution in [0.15, 0.2) is 0 Å². The highest BCUT2D eigenvalue weighted by Gasteiger charge is 2.29. The number of carbonyl (C=O) groups excluding carboxylic acids is 2. The van der Waals surface area contributed by atoms with Gasteiger partial charge in [0.1, 0.15) is 6.04 Å². The topological polar surface area (TPSA) is 61.9 Å². The minimum Gasteiger partial charge on any atom is -0.467 e. The first-order valence-electron chi connectivity index (χ1n) is 7.06. The van der Waals surface area contributed by atoms with Gasteiger partial charge < -0.3 is 10.1 Å². The van der Waals surface area contributed by atoms with Crippen molar-refractivity contribution in [3.05, 3.63) is 0 Å². The Morgan fingerprint density at radius 2 is 1.75 bits per heavy atom. The van der Waals surface area contributed by atoms with E-state index in [-0.39, 0.29) is 11.4 Å². The van der Waals surface area contributed by atoms with Crippen molar-refractivity contribution in [2.75, 3.05) is 39.8 Å². The van der Waals surface area contributed by atoms with Crippen LogP contribution in [0, 0.1) is 0 Å². The predicted octanol–water partition coefficient (Wildman–Crippen LogP) is 0.0802. The number of methoxy groups -OCH3 is 1. The summed E-state index contributed by atoms with van der Waals surface area (Å²) < 4.78 is 4.74. The number of esters is 1. The lowest BCUT2D eigenvalue weighted by Crippen LogP contribution is -2.57. The Bertz CT molecular complexity index is 344. The summed E-state index contributed by atoms with van der Waals surface area (Å²) in [6.07, 6.45) is 0. The number of nitrogens with one attached hydrogen (secondary N) is 1.